The summed E-state index contributed by atoms with van der Waals surface area (Å²) in [6, 6.07) is 7.73. The average Bonchev–Trinajstić information content (AvgIpc) is 2.61. The summed E-state index contributed by atoms with van der Waals surface area (Å²) in [5.41, 5.74) is 7.37. The number of hydrogen-bond donors (Lipinski definition) is 1. The second-order valence-corrected chi connectivity index (χ2v) is 4.15. The Kier molecular flexibility index (Phi) is 2.49. The Morgan fingerprint density at radius 2 is 2.13 bits per heavy atom. The SMILES string of the molecule is CCCC(C)(N)c1nc2ccccc2o1. The Morgan fingerprint density at radius 1 is 1.40 bits per heavy atom. The van der Waals surface area contributed by atoms with Gasteiger partial charge in [-0.25, -0.2) is 4.98 Å². The summed E-state index contributed by atoms with van der Waals surface area (Å²) < 4.78 is 5.65. The van der Waals surface area contributed by atoms with Gasteiger partial charge >= 0.3 is 0 Å². The minimum Gasteiger partial charge on any atom is -0.439 e. The van der Waals surface area contributed by atoms with E-state index in [0.29, 0.717) is 5.89 Å². The van der Waals surface area contributed by atoms with Crippen LogP contribution in [0.25, 0.3) is 11.1 Å². The smallest absolute Gasteiger partial charge is 0.215 e. The topological polar surface area (TPSA) is 52.0 Å². The van der Waals surface area contributed by atoms with E-state index in [1.165, 1.54) is 0 Å². The highest BCUT2D eigenvalue weighted by Gasteiger charge is 2.26. The molecule has 3 nitrogen and oxygen atoms in total. The highest BCUT2D eigenvalue weighted by atomic mass is 16.3. The van der Waals surface area contributed by atoms with Crippen molar-refractivity contribution in [2.75, 3.05) is 0 Å². The fourth-order valence-electron chi connectivity index (χ4n) is 1.74. The number of para-hydroxylation sites is 2. The van der Waals surface area contributed by atoms with Crippen molar-refractivity contribution in [3.05, 3.63) is 30.2 Å². The van der Waals surface area contributed by atoms with E-state index >= 15 is 0 Å². The summed E-state index contributed by atoms with van der Waals surface area (Å²) >= 11 is 0. The first-order valence-corrected chi connectivity index (χ1v) is 5.28. The molecule has 0 spiro atoms. The van der Waals surface area contributed by atoms with Crippen LogP contribution in [-0.2, 0) is 5.54 Å². The molecule has 0 amide bonds. The molecule has 0 bridgehead atoms. The van der Waals surface area contributed by atoms with Crippen molar-refractivity contribution in [1.29, 1.82) is 0 Å². The molecular weight excluding hydrogens is 188 g/mol. The van der Waals surface area contributed by atoms with E-state index in [2.05, 4.69) is 11.9 Å². The minimum absolute atomic E-state index is 0.465. The fraction of sp³-hybridized carbons (Fsp3) is 0.417. The molecule has 0 saturated carbocycles. The number of hydrogen-bond acceptors (Lipinski definition) is 3. The Labute approximate surface area is 89.3 Å². The molecule has 1 aromatic carbocycles. The number of nitrogens with two attached hydrogens (primary N) is 1. The molecule has 1 atom stereocenters. The Balaban J connectivity index is 2.44. The molecule has 15 heavy (non-hydrogen) atoms. The predicted molar refractivity (Wildman–Crippen MR) is 60.5 cm³/mol. The van der Waals surface area contributed by atoms with Gasteiger partial charge in [-0.1, -0.05) is 25.5 Å². The molecule has 2 aromatic rings. The molecule has 0 aliphatic rings. The molecule has 3 heteroatoms. The molecule has 0 aliphatic carbocycles. The second kappa shape index (κ2) is 3.66. The second-order valence-electron chi connectivity index (χ2n) is 4.15. The summed E-state index contributed by atoms with van der Waals surface area (Å²) in [4.78, 5) is 4.41. The number of nitrogens with zero attached hydrogens (tertiary/aromatic N) is 1. The van der Waals surface area contributed by atoms with Gasteiger partial charge in [0.2, 0.25) is 5.89 Å². The Morgan fingerprint density at radius 3 is 2.80 bits per heavy atom. The third-order valence-electron chi connectivity index (χ3n) is 2.55. The maximum atomic E-state index is 6.16. The number of benzene rings is 1. The van der Waals surface area contributed by atoms with Crippen LogP contribution in [0.2, 0.25) is 0 Å². The zero-order chi connectivity index (χ0) is 10.9. The van der Waals surface area contributed by atoms with Crippen molar-refractivity contribution in [3.8, 4) is 0 Å². The number of oxazole rings is 1. The van der Waals surface area contributed by atoms with Crippen LogP contribution in [-0.4, -0.2) is 4.98 Å². The van der Waals surface area contributed by atoms with Crippen molar-refractivity contribution in [3.63, 3.8) is 0 Å². The molecule has 80 valence electrons. The van der Waals surface area contributed by atoms with Gasteiger partial charge in [-0.05, 0) is 25.5 Å². The Bertz CT molecular complexity index is 426. The normalized spacial score (nSPS) is 15.4. The largest absolute Gasteiger partial charge is 0.439 e. The van der Waals surface area contributed by atoms with E-state index < -0.39 is 5.54 Å². The summed E-state index contributed by atoms with van der Waals surface area (Å²) in [6.45, 7) is 4.06. The maximum absolute atomic E-state index is 6.16. The predicted octanol–water partition coefficient (Wildman–Crippen LogP) is 2.80. The van der Waals surface area contributed by atoms with E-state index in [0.717, 1.165) is 23.9 Å². The van der Waals surface area contributed by atoms with Crippen LogP contribution in [0.4, 0.5) is 0 Å². The average molecular weight is 204 g/mol. The molecule has 0 radical (unpaired) electrons. The molecule has 1 heterocycles. The van der Waals surface area contributed by atoms with Crippen LogP contribution in [0.5, 0.6) is 0 Å². The van der Waals surface area contributed by atoms with Gasteiger partial charge in [-0.3, -0.25) is 0 Å². The van der Waals surface area contributed by atoms with E-state index in [1.54, 1.807) is 0 Å². The van der Waals surface area contributed by atoms with Gasteiger partial charge in [-0.2, -0.15) is 0 Å². The van der Waals surface area contributed by atoms with Gasteiger partial charge in [0, 0.05) is 0 Å². The van der Waals surface area contributed by atoms with E-state index in [4.69, 9.17) is 10.2 Å². The fourth-order valence-corrected chi connectivity index (χ4v) is 1.74. The molecule has 1 unspecified atom stereocenters. The van der Waals surface area contributed by atoms with Crippen molar-refractivity contribution in [1.82, 2.24) is 4.98 Å². The first-order valence-electron chi connectivity index (χ1n) is 5.28. The molecular formula is C12H16N2O. The monoisotopic (exact) mass is 204 g/mol. The molecule has 2 rings (SSSR count). The van der Waals surface area contributed by atoms with Crippen LogP contribution < -0.4 is 5.73 Å². The quantitative estimate of drug-likeness (QED) is 0.836. The number of aromatic nitrogens is 1. The minimum atomic E-state index is -0.465. The lowest BCUT2D eigenvalue weighted by atomic mass is 9.98. The van der Waals surface area contributed by atoms with Crippen molar-refractivity contribution in [2.24, 2.45) is 5.73 Å². The lowest BCUT2D eigenvalue weighted by Crippen LogP contribution is -2.33. The van der Waals surface area contributed by atoms with E-state index in [-0.39, 0.29) is 0 Å². The van der Waals surface area contributed by atoms with Crippen molar-refractivity contribution >= 4 is 11.1 Å². The molecule has 2 N–H and O–H groups in total. The molecule has 0 saturated heterocycles. The van der Waals surface area contributed by atoms with Crippen LogP contribution in [0, 0.1) is 0 Å². The highest BCUT2D eigenvalue weighted by Crippen LogP contribution is 2.25. The third kappa shape index (κ3) is 1.88. The van der Waals surface area contributed by atoms with Crippen molar-refractivity contribution < 1.29 is 4.42 Å². The Hall–Kier alpha value is -1.35. The first-order chi connectivity index (χ1) is 7.13. The summed E-state index contributed by atoms with van der Waals surface area (Å²) in [6.07, 6.45) is 1.89. The lowest BCUT2D eigenvalue weighted by molar-refractivity contribution is 0.342. The van der Waals surface area contributed by atoms with Crippen molar-refractivity contribution in [2.45, 2.75) is 32.2 Å². The van der Waals surface area contributed by atoms with Crippen LogP contribution >= 0.6 is 0 Å². The third-order valence-corrected chi connectivity index (χ3v) is 2.55. The van der Waals surface area contributed by atoms with Gasteiger partial charge in [-0.15, -0.1) is 0 Å². The van der Waals surface area contributed by atoms with Gasteiger partial charge in [0.25, 0.3) is 0 Å². The van der Waals surface area contributed by atoms with E-state index in [1.807, 2.05) is 31.2 Å². The van der Waals surface area contributed by atoms with Crippen LogP contribution in [0.3, 0.4) is 0 Å². The van der Waals surface area contributed by atoms with Gasteiger partial charge in [0.15, 0.2) is 5.58 Å². The maximum Gasteiger partial charge on any atom is 0.215 e. The van der Waals surface area contributed by atoms with Crippen LogP contribution in [0.15, 0.2) is 28.7 Å². The van der Waals surface area contributed by atoms with Gasteiger partial charge < -0.3 is 10.2 Å². The first kappa shape index (κ1) is 10.2. The molecule has 0 aliphatic heterocycles. The molecule has 0 fully saturated rings. The molecule has 1 aromatic heterocycles. The van der Waals surface area contributed by atoms with E-state index in [9.17, 15) is 0 Å². The van der Waals surface area contributed by atoms with Crippen LogP contribution in [0.1, 0.15) is 32.6 Å². The highest BCUT2D eigenvalue weighted by molar-refractivity contribution is 5.72. The zero-order valence-electron chi connectivity index (χ0n) is 9.16. The van der Waals surface area contributed by atoms with Gasteiger partial charge in [0.05, 0.1) is 5.54 Å². The number of rotatable bonds is 3. The summed E-state index contributed by atoms with van der Waals surface area (Å²) in [7, 11) is 0. The van der Waals surface area contributed by atoms with Gasteiger partial charge in [0.1, 0.15) is 5.52 Å². The lowest BCUT2D eigenvalue weighted by Gasteiger charge is -2.19. The summed E-state index contributed by atoms with van der Waals surface area (Å²) in [5.74, 6) is 0.630. The summed E-state index contributed by atoms with van der Waals surface area (Å²) in [5, 5.41) is 0. The number of fused-ring (bicyclic) bond motifs is 1. The standard InChI is InChI=1S/C12H16N2O/c1-3-8-12(2,13)11-14-9-6-4-5-7-10(9)15-11/h4-7H,3,8,13H2,1-2H3. The zero-order valence-corrected chi connectivity index (χ0v) is 9.16.